The van der Waals surface area contributed by atoms with Gasteiger partial charge in [-0.25, -0.2) is 4.39 Å². The molecule has 0 amide bonds. The maximum absolute atomic E-state index is 14.1. The van der Waals surface area contributed by atoms with Crippen LogP contribution < -0.4 is 5.32 Å². The summed E-state index contributed by atoms with van der Waals surface area (Å²) in [4.78, 5) is 4.11. The molecule has 2 aromatic rings. The number of benzene rings is 1. The summed E-state index contributed by atoms with van der Waals surface area (Å²) >= 11 is 0. The van der Waals surface area contributed by atoms with Crippen molar-refractivity contribution in [3.8, 4) is 0 Å². The van der Waals surface area contributed by atoms with Crippen molar-refractivity contribution < 1.29 is 17.6 Å². The predicted octanol–water partition coefficient (Wildman–Crippen LogP) is 3.74. The second-order valence-electron chi connectivity index (χ2n) is 4.57. The number of alkyl halides is 3. The number of rotatable bonds is 4. The van der Waals surface area contributed by atoms with Gasteiger partial charge in [-0.2, -0.15) is 13.2 Å². The molecule has 1 N–H and O–H groups in total. The van der Waals surface area contributed by atoms with Crippen molar-refractivity contribution in [2.24, 2.45) is 0 Å². The van der Waals surface area contributed by atoms with Crippen molar-refractivity contribution in [3.63, 3.8) is 0 Å². The van der Waals surface area contributed by atoms with E-state index in [1.165, 1.54) is 12.1 Å². The first kappa shape index (κ1) is 15.4. The van der Waals surface area contributed by atoms with Gasteiger partial charge in [-0.15, -0.1) is 0 Å². The number of nitrogens with one attached hydrogen (secondary N) is 1. The van der Waals surface area contributed by atoms with Crippen LogP contribution in [0.2, 0.25) is 0 Å². The Labute approximate surface area is 119 Å². The molecule has 0 bridgehead atoms. The summed E-state index contributed by atoms with van der Waals surface area (Å²) in [7, 11) is 1.58. The van der Waals surface area contributed by atoms with E-state index >= 15 is 0 Å². The van der Waals surface area contributed by atoms with E-state index in [1.54, 1.807) is 31.4 Å². The molecule has 0 saturated heterocycles. The molecular formula is C15H14F4N2. The highest BCUT2D eigenvalue weighted by Crippen LogP contribution is 2.34. The van der Waals surface area contributed by atoms with Gasteiger partial charge in [0.15, 0.2) is 0 Å². The van der Waals surface area contributed by atoms with Crippen LogP contribution in [0, 0.1) is 5.82 Å². The van der Waals surface area contributed by atoms with Crippen LogP contribution in [-0.4, -0.2) is 12.0 Å². The molecule has 2 rings (SSSR count). The SMILES string of the molecule is CNC(Cc1ccccn1)c1cccc(C(F)(F)F)c1F. The molecular weight excluding hydrogens is 284 g/mol. The Balaban J connectivity index is 2.35. The van der Waals surface area contributed by atoms with Gasteiger partial charge in [-0.05, 0) is 25.2 Å². The Hall–Kier alpha value is -1.95. The average molecular weight is 298 g/mol. The van der Waals surface area contributed by atoms with E-state index in [0.29, 0.717) is 12.1 Å². The van der Waals surface area contributed by atoms with Gasteiger partial charge in [-0.1, -0.05) is 18.2 Å². The van der Waals surface area contributed by atoms with Gasteiger partial charge >= 0.3 is 6.18 Å². The topological polar surface area (TPSA) is 24.9 Å². The van der Waals surface area contributed by atoms with Crippen molar-refractivity contribution in [2.75, 3.05) is 7.05 Å². The van der Waals surface area contributed by atoms with Crippen LogP contribution in [-0.2, 0) is 12.6 Å². The van der Waals surface area contributed by atoms with Crippen molar-refractivity contribution in [1.82, 2.24) is 10.3 Å². The van der Waals surface area contributed by atoms with E-state index in [9.17, 15) is 17.6 Å². The lowest BCUT2D eigenvalue weighted by molar-refractivity contribution is -0.140. The molecule has 0 aliphatic heterocycles. The summed E-state index contributed by atoms with van der Waals surface area (Å²) in [5.41, 5.74) is -0.590. The van der Waals surface area contributed by atoms with Gasteiger partial charge < -0.3 is 5.32 Å². The molecule has 1 aromatic heterocycles. The molecule has 112 valence electrons. The molecule has 0 aliphatic carbocycles. The third kappa shape index (κ3) is 3.58. The highest BCUT2D eigenvalue weighted by atomic mass is 19.4. The third-order valence-corrected chi connectivity index (χ3v) is 3.20. The molecule has 1 unspecified atom stereocenters. The van der Waals surface area contributed by atoms with Crippen LogP contribution >= 0.6 is 0 Å². The van der Waals surface area contributed by atoms with Crippen molar-refractivity contribution in [3.05, 3.63) is 65.2 Å². The molecule has 1 atom stereocenters. The number of halogens is 4. The summed E-state index contributed by atoms with van der Waals surface area (Å²) in [5, 5.41) is 2.84. The molecule has 0 saturated carbocycles. The zero-order chi connectivity index (χ0) is 15.5. The van der Waals surface area contributed by atoms with Gasteiger partial charge in [0.1, 0.15) is 5.82 Å². The minimum Gasteiger partial charge on any atom is -0.313 e. The normalized spacial score (nSPS) is 13.2. The van der Waals surface area contributed by atoms with Crippen LogP contribution in [0.15, 0.2) is 42.6 Å². The minimum atomic E-state index is -4.70. The lowest BCUT2D eigenvalue weighted by Crippen LogP contribution is -2.22. The van der Waals surface area contributed by atoms with Gasteiger partial charge in [-0.3, -0.25) is 4.98 Å². The maximum atomic E-state index is 14.1. The summed E-state index contributed by atoms with van der Waals surface area (Å²) < 4.78 is 52.4. The van der Waals surface area contributed by atoms with Crippen LogP contribution in [0.5, 0.6) is 0 Å². The van der Waals surface area contributed by atoms with Gasteiger partial charge in [0.25, 0.3) is 0 Å². The fourth-order valence-electron chi connectivity index (χ4n) is 2.13. The number of hydrogen-bond acceptors (Lipinski definition) is 2. The van der Waals surface area contributed by atoms with Gasteiger partial charge in [0.2, 0.25) is 0 Å². The number of pyridine rings is 1. The Morgan fingerprint density at radius 3 is 2.48 bits per heavy atom. The summed E-state index contributed by atoms with van der Waals surface area (Å²) in [6, 6.07) is 7.99. The van der Waals surface area contributed by atoms with Crippen LogP contribution in [0.3, 0.4) is 0 Å². The first-order valence-corrected chi connectivity index (χ1v) is 6.36. The first-order chi connectivity index (χ1) is 9.93. The smallest absolute Gasteiger partial charge is 0.313 e. The van der Waals surface area contributed by atoms with E-state index < -0.39 is 23.6 Å². The van der Waals surface area contributed by atoms with E-state index in [4.69, 9.17) is 0 Å². The fraction of sp³-hybridized carbons (Fsp3) is 0.267. The maximum Gasteiger partial charge on any atom is 0.419 e. The molecule has 21 heavy (non-hydrogen) atoms. The zero-order valence-electron chi connectivity index (χ0n) is 11.3. The standard InChI is InChI=1S/C15H14F4N2/c1-20-13(9-10-5-2-3-8-21-10)11-6-4-7-12(14(11)16)15(17,18)19/h2-8,13,20H,9H2,1H3. The molecule has 1 aromatic carbocycles. The van der Waals surface area contributed by atoms with E-state index in [0.717, 1.165) is 6.07 Å². The number of aromatic nitrogens is 1. The fourth-order valence-corrected chi connectivity index (χ4v) is 2.13. The van der Waals surface area contributed by atoms with Gasteiger partial charge in [0, 0.05) is 29.9 Å². The monoisotopic (exact) mass is 298 g/mol. The molecule has 1 heterocycles. The predicted molar refractivity (Wildman–Crippen MR) is 71.1 cm³/mol. The van der Waals surface area contributed by atoms with Crippen LogP contribution in [0.4, 0.5) is 17.6 Å². The van der Waals surface area contributed by atoms with Gasteiger partial charge in [0.05, 0.1) is 5.56 Å². The van der Waals surface area contributed by atoms with Crippen LogP contribution in [0.1, 0.15) is 22.9 Å². The first-order valence-electron chi connectivity index (χ1n) is 6.36. The second-order valence-corrected chi connectivity index (χ2v) is 4.57. The number of likely N-dealkylation sites (N-methyl/N-ethyl adjacent to an activating group) is 1. The van der Waals surface area contributed by atoms with E-state index in [2.05, 4.69) is 10.3 Å². The van der Waals surface area contributed by atoms with Crippen molar-refractivity contribution in [1.29, 1.82) is 0 Å². The zero-order valence-corrected chi connectivity index (χ0v) is 11.3. The third-order valence-electron chi connectivity index (χ3n) is 3.20. The second kappa shape index (κ2) is 6.22. The average Bonchev–Trinajstić information content (AvgIpc) is 2.45. The summed E-state index contributed by atoms with van der Waals surface area (Å²) in [5.74, 6) is -1.24. The quantitative estimate of drug-likeness (QED) is 0.870. The van der Waals surface area contributed by atoms with Crippen molar-refractivity contribution in [2.45, 2.75) is 18.6 Å². The summed E-state index contributed by atoms with van der Waals surface area (Å²) in [6.07, 6.45) is -2.82. The molecule has 2 nitrogen and oxygen atoms in total. The lowest BCUT2D eigenvalue weighted by Gasteiger charge is -2.19. The number of nitrogens with zero attached hydrogens (tertiary/aromatic N) is 1. The molecule has 0 fully saturated rings. The van der Waals surface area contributed by atoms with Crippen LogP contribution in [0.25, 0.3) is 0 Å². The Bertz CT molecular complexity index is 596. The van der Waals surface area contributed by atoms with Crippen molar-refractivity contribution >= 4 is 0 Å². The summed E-state index contributed by atoms with van der Waals surface area (Å²) in [6.45, 7) is 0. The lowest BCUT2D eigenvalue weighted by atomic mass is 9.98. The Morgan fingerprint density at radius 1 is 1.14 bits per heavy atom. The highest BCUT2D eigenvalue weighted by Gasteiger charge is 2.35. The van der Waals surface area contributed by atoms with E-state index in [-0.39, 0.29) is 5.56 Å². The minimum absolute atomic E-state index is 0.0158. The Kier molecular flexibility index (Phi) is 4.57. The van der Waals surface area contributed by atoms with E-state index in [1.807, 2.05) is 0 Å². The highest BCUT2D eigenvalue weighted by molar-refractivity contribution is 5.31. The molecule has 0 aliphatic rings. The largest absolute Gasteiger partial charge is 0.419 e. The number of hydrogen-bond donors (Lipinski definition) is 1. The molecule has 6 heteroatoms. The Morgan fingerprint density at radius 2 is 1.90 bits per heavy atom. The molecule has 0 radical (unpaired) electrons. The molecule has 0 spiro atoms.